The number of nitrogens with one attached hydrogen (secondary N) is 2. The molecule has 0 bridgehead atoms. The van der Waals surface area contributed by atoms with E-state index in [0.29, 0.717) is 11.5 Å². The molecule has 3 rings (SSSR count). The lowest BCUT2D eigenvalue weighted by atomic mass is 10.2. The van der Waals surface area contributed by atoms with E-state index in [9.17, 15) is 9.59 Å². The Morgan fingerprint density at radius 2 is 2.08 bits per heavy atom. The summed E-state index contributed by atoms with van der Waals surface area (Å²) in [6.45, 7) is 1.82. The number of amidine groups is 1. The number of nitrogens with zero attached hydrogens (tertiary/aromatic N) is 5. The van der Waals surface area contributed by atoms with Crippen LogP contribution in [0.3, 0.4) is 0 Å². The number of anilines is 1. The fourth-order valence-electron chi connectivity index (χ4n) is 2.21. The third-order valence-electron chi connectivity index (χ3n) is 3.40. The summed E-state index contributed by atoms with van der Waals surface area (Å²) in [5, 5.41) is 8.09. The number of hydrazine groups is 1. The fourth-order valence-corrected chi connectivity index (χ4v) is 2.21. The zero-order valence-electron chi connectivity index (χ0n) is 13.3. The minimum atomic E-state index is -0.653. The minimum absolute atomic E-state index is 0.0712. The number of aliphatic imine (C=N–C) groups is 1. The molecule has 0 spiro atoms. The van der Waals surface area contributed by atoms with Crippen molar-refractivity contribution in [2.75, 3.05) is 5.01 Å². The molecule has 0 saturated heterocycles. The Bertz CT molecular complexity index is 784. The predicted octanol–water partition coefficient (Wildman–Crippen LogP) is -0.230. The molecule has 2 N–H and O–H groups in total. The number of benzene rings is 1. The van der Waals surface area contributed by atoms with E-state index < -0.39 is 11.9 Å². The molecular weight excluding hydrogens is 310 g/mol. The maximum absolute atomic E-state index is 12.3. The first-order chi connectivity index (χ1) is 11.5. The van der Waals surface area contributed by atoms with Gasteiger partial charge in [0, 0.05) is 7.05 Å². The van der Waals surface area contributed by atoms with Crippen molar-refractivity contribution in [3.05, 3.63) is 42.5 Å². The Hall–Kier alpha value is -3.23. The zero-order valence-corrected chi connectivity index (χ0v) is 13.3. The average molecular weight is 327 g/mol. The maximum Gasteiger partial charge on any atom is 0.288 e. The fraction of sp³-hybridized carbons (Fsp3) is 0.267. The topological polar surface area (TPSA) is 105 Å². The standard InChI is InChI=1S/C15H17N7O2/c1-10-15(24)22(11-6-4-3-5-7-11)20-13(18-10)14(23)16-8-12-17-9-21(2)19-12/h3-7,9-10H,8H2,1-2H3,(H,16,23)(H,18,20). The van der Waals surface area contributed by atoms with Crippen LogP contribution >= 0.6 is 0 Å². The number of para-hydroxylation sites is 1. The molecule has 0 radical (unpaired) electrons. The molecule has 0 aliphatic carbocycles. The molecule has 9 heteroatoms. The maximum atomic E-state index is 12.3. The van der Waals surface area contributed by atoms with Crippen molar-refractivity contribution in [1.29, 1.82) is 0 Å². The smallest absolute Gasteiger partial charge is 0.288 e. The zero-order chi connectivity index (χ0) is 17.1. The molecule has 2 heterocycles. The number of carbonyl (C=O) groups excluding carboxylic acids is 2. The molecule has 0 saturated carbocycles. The second kappa shape index (κ2) is 6.49. The van der Waals surface area contributed by atoms with Crippen molar-refractivity contribution in [2.24, 2.45) is 12.0 Å². The summed E-state index contributed by atoms with van der Waals surface area (Å²) in [5.74, 6) is -0.0972. The van der Waals surface area contributed by atoms with Gasteiger partial charge >= 0.3 is 0 Å². The van der Waals surface area contributed by atoms with E-state index >= 15 is 0 Å². The van der Waals surface area contributed by atoms with Gasteiger partial charge in [0.05, 0.1) is 12.2 Å². The molecule has 1 aromatic carbocycles. The molecular formula is C15H17N7O2. The highest BCUT2D eigenvalue weighted by atomic mass is 16.2. The van der Waals surface area contributed by atoms with Gasteiger partial charge in [0.15, 0.2) is 5.82 Å². The van der Waals surface area contributed by atoms with Crippen molar-refractivity contribution in [3.63, 3.8) is 0 Å². The van der Waals surface area contributed by atoms with Gasteiger partial charge in [-0.05, 0) is 19.1 Å². The van der Waals surface area contributed by atoms with Gasteiger partial charge in [0.2, 0.25) is 5.84 Å². The van der Waals surface area contributed by atoms with Gasteiger partial charge in [-0.1, -0.05) is 18.2 Å². The summed E-state index contributed by atoms with van der Waals surface area (Å²) >= 11 is 0. The minimum Gasteiger partial charge on any atom is -0.342 e. The van der Waals surface area contributed by atoms with Crippen LogP contribution in [0.2, 0.25) is 0 Å². The van der Waals surface area contributed by atoms with Crippen LogP contribution in [-0.4, -0.2) is 38.5 Å². The Morgan fingerprint density at radius 1 is 1.33 bits per heavy atom. The van der Waals surface area contributed by atoms with Crippen molar-refractivity contribution in [3.8, 4) is 0 Å². The van der Waals surface area contributed by atoms with Gasteiger partial charge in [-0.25, -0.2) is 15.0 Å². The van der Waals surface area contributed by atoms with Crippen LogP contribution in [0.1, 0.15) is 12.7 Å². The van der Waals surface area contributed by atoms with E-state index in [-0.39, 0.29) is 18.3 Å². The second-order valence-corrected chi connectivity index (χ2v) is 5.29. The van der Waals surface area contributed by atoms with Crippen molar-refractivity contribution < 1.29 is 9.59 Å². The number of carbonyl (C=O) groups is 2. The number of aryl methyl sites for hydroxylation is 1. The summed E-state index contributed by atoms with van der Waals surface area (Å²) in [7, 11) is 1.75. The Labute approximate surface area is 138 Å². The van der Waals surface area contributed by atoms with E-state index in [0.717, 1.165) is 0 Å². The van der Waals surface area contributed by atoms with Crippen LogP contribution in [0.15, 0.2) is 41.7 Å². The Kier molecular flexibility index (Phi) is 4.23. The first kappa shape index (κ1) is 15.7. The largest absolute Gasteiger partial charge is 0.342 e. The Balaban J connectivity index is 1.71. The monoisotopic (exact) mass is 327 g/mol. The molecule has 1 aromatic heterocycles. The van der Waals surface area contributed by atoms with Crippen molar-refractivity contribution >= 4 is 23.3 Å². The highest BCUT2D eigenvalue weighted by molar-refractivity contribution is 6.39. The number of amides is 2. The van der Waals surface area contributed by atoms with E-state index in [1.165, 1.54) is 5.01 Å². The van der Waals surface area contributed by atoms with Crippen LogP contribution in [0.5, 0.6) is 0 Å². The molecule has 24 heavy (non-hydrogen) atoms. The molecule has 2 aromatic rings. The first-order valence-electron chi connectivity index (χ1n) is 7.41. The third kappa shape index (κ3) is 3.24. The molecule has 1 atom stereocenters. The molecule has 124 valence electrons. The highest BCUT2D eigenvalue weighted by Crippen LogP contribution is 2.15. The lowest BCUT2D eigenvalue weighted by Crippen LogP contribution is -2.57. The van der Waals surface area contributed by atoms with Crippen LogP contribution in [-0.2, 0) is 23.2 Å². The van der Waals surface area contributed by atoms with Crippen LogP contribution < -0.4 is 15.8 Å². The molecule has 1 aliphatic heterocycles. The normalized spacial score (nSPS) is 17.2. The van der Waals surface area contributed by atoms with E-state index in [2.05, 4.69) is 25.8 Å². The van der Waals surface area contributed by atoms with Gasteiger partial charge in [-0.15, -0.1) is 0 Å². The first-order valence-corrected chi connectivity index (χ1v) is 7.41. The van der Waals surface area contributed by atoms with Gasteiger partial charge in [0.25, 0.3) is 11.8 Å². The van der Waals surface area contributed by atoms with Crippen LogP contribution in [0, 0.1) is 0 Å². The lowest BCUT2D eigenvalue weighted by molar-refractivity contribution is -0.120. The van der Waals surface area contributed by atoms with E-state index in [4.69, 9.17) is 0 Å². The predicted molar refractivity (Wildman–Crippen MR) is 86.8 cm³/mol. The van der Waals surface area contributed by atoms with Crippen molar-refractivity contribution in [2.45, 2.75) is 19.5 Å². The number of hydrogen-bond acceptors (Lipinski definition) is 6. The van der Waals surface area contributed by atoms with Crippen LogP contribution in [0.4, 0.5) is 5.69 Å². The highest BCUT2D eigenvalue weighted by Gasteiger charge is 2.30. The summed E-state index contributed by atoms with van der Waals surface area (Å²) in [5.41, 5.74) is 3.41. The SMILES string of the molecule is CC1N=C(C(=O)NCc2ncn(C)n2)NN(c2ccccc2)C1=O. The summed E-state index contributed by atoms with van der Waals surface area (Å²) in [4.78, 5) is 32.7. The molecule has 1 unspecified atom stereocenters. The third-order valence-corrected chi connectivity index (χ3v) is 3.40. The van der Waals surface area contributed by atoms with E-state index in [1.807, 2.05) is 18.2 Å². The number of hydrogen-bond donors (Lipinski definition) is 2. The van der Waals surface area contributed by atoms with E-state index in [1.54, 1.807) is 37.1 Å². The van der Waals surface area contributed by atoms with Gasteiger partial charge in [-0.2, -0.15) is 5.10 Å². The van der Waals surface area contributed by atoms with Gasteiger partial charge < -0.3 is 5.32 Å². The second-order valence-electron chi connectivity index (χ2n) is 5.29. The van der Waals surface area contributed by atoms with Crippen LogP contribution in [0.25, 0.3) is 0 Å². The molecule has 1 aliphatic rings. The average Bonchev–Trinajstić information content (AvgIpc) is 3.01. The Morgan fingerprint density at radius 3 is 2.75 bits per heavy atom. The quantitative estimate of drug-likeness (QED) is 0.807. The number of rotatable bonds is 4. The summed E-state index contributed by atoms with van der Waals surface area (Å²) < 4.78 is 1.55. The molecule has 0 fully saturated rings. The summed E-state index contributed by atoms with van der Waals surface area (Å²) in [6, 6.07) is 8.37. The van der Waals surface area contributed by atoms with Gasteiger partial charge in [-0.3, -0.25) is 19.7 Å². The lowest BCUT2D eigenvalue weighted by Gasteiger charge is -2.30. The number of aromatic nitrogens is 3. The van der Waals surface area contributed by atoms with Gasteiger partial charge in [0.1, 0.15) is 12.4 Å². The van der Waals surface area contributed by atoms with Crippen molar-refractivity contribution in [1.82, 2.24) is 25.5 Å². The summed E-state index contributed by atoms with van der Waals surface area (Å²) in [6.07, 6.45) is 1.55. The molecule has 2 amide bonds. The molecule has 9 nitrogen and oxygen atoms in total.